The van der Waals surface area contributed by atoms with E-state index in [2.05, 4.69) is 0 Å². The van der Waals surface area contributed by atoms with Gasteiger partial charge in [0.1, 0.15) is 18.3 Å². The molecule has 0 radical (unpaired) electrons. The van der Waals surface area contributed by atoms with E-state index in [1.54, 1.807) is 0 Å². The third-order valence-corrected chi connectivity index (χ3v) is 19.7. The van der Waals surface area contributed by atoms with Gasteiger partial charge in [0.05, 0.1) is 54.3 Å². The Labute approximate surface area is 475 Å². The van der Waals surface area contributed by atoms with E-state index in [9.17, 15) is 28.8 Å². The first-order chi connectivity index (χ1) is 38.0. The highest BCUT2D eigenvalue weighted by atomic mass is 16.7. The van der Waals surface area contributed by atoms with E-state index in [0.717, 1.165) is 83.5 Å². The van der Waals surface area contributed by atoms with Gasteiger partial charge < -0.3 is 42.6 Å². The van der Waals surface area contributed by atoms with Gasteiger partial charge in [-0.05, 0) is 153 Å². The van der Waals surface area contributed by atoms with Crippen LogP contribution in [0.15, 0.2) is 0 Å². The van der Waals surface area contributed by atoms with Crippen LogP contribution < -0.4 is 0 Å². The van der Waals surface area contributed by atoms with E-state index in [4.69, 9.17) is 42.6 Å². The Balaban J connectivity index is 0.000000189. The second kappa shape index (κ2) is 32.5. The van der Waals surface area contributed by atoms with E-state index in [1.165, 1.54) is 83.5 Å². The van der Waals surface area contributed by atoms with Gasteiger partial charge in [-0.2, -0.15) is 0 Å². The first kappa shape index (κ1) is 64.9. The summed E-state index contributed by atoms with van der Waals surface area (Å²) in [6, 6.07) is 0. The summed E-state index contributed by atoms with van der Waals surface area (Å²) < 4.78 is 50.2. The van der Waals surface area contributed by atoms with Crippen molar-refractivity contribution in [1.82, 2.24) is 0 Å². The Hall–Kier alpha value is -3.30. The number of rotatable bonds is 22. The van der Waals surface area contributed by atoms with Gasteiger partial charge in [0.25, 0.3) is 0 Å². The fourth-order valence-electron chi connectivity index (χ4n) is 14.3. The Morgan fingerprint density at radius 3 is 1.23 bits per heavy atom. The Morgan fingerprint density at radius 1 is 0.468 bits per heavy atom. The molecule has 9 aliphatic rings. The topological polar surface area (TPSA) is 185 Å². The molecule has 0 aromatic heterocycles. The predicted molar refractivity (Wildman–Crippen MR) is 298 cm³/mol. The largest absolute Gasteiger partial charge is 0.462 e. The normalized spacial score (nSPS) is 31.4. The van der Waals surface area contributed by atoms with Crippen molar-refractivity contribution < 1.29 is 71.4 Å². The number of hydrogen-bond acceptors (Lipinski definition) is 15. The Morgan fingerprint density at radius 2 is 0.848 bits per heavy atom. The van der Waals surface area contributed by atoms with Gasteiger partial charge >= 0.3 is 35.8 Å². The molecule has 0 aromatic carbocycles. The molecule has 0 amide bonds. The quantitative estimate of drug-likeness (QED) is 0.0431. The molecule has 0 aromatic rings. The molecule has 6 bridgehead atoms. The summed E-state index contributed by atoms with van der Waals surface area (Å²) >= 11 is 0. The average molecular weight is 1120 g/mol. The van der Waals surface area contributed by atoms with Crippen molar-refractivity contribution in [3.8, 4) is 0 Å². The zero-order valence-corrected chi connectivity index (χ0v) is 50.4. The summed E-state index contributed by atoms with van der Waals surface area (Å²) in [6.45, 7) is 18.9. The van der Waals surface area contributed by atoms with Crippen molar-refractivity contribution >= 4 is 35.8 Å². The zero-order chi connectivity index (χ0) is 57.1. The zero-order valence-electron chi connectivity index (χ0n) is 50.4. The molecule has 15 nitrogen and oxygen atoms in total. The lowest BCUT2D eigenvalue weighted by atomic mass is 9.86. The van der Waals surface area contributed by atoms with Gasteiger partial charge in [-0.15, -0.1) is 0 Å². The first-order valence-corrected chi connectivity index (χ1v) is 31.9. The molecular formula is C64H106O15. The predicted octanol–water partition coefficient (Wildman–Crippen LogP) is 13.0. The van der Waals surface area contributed by atoms with Crippen LogP contribution >= 0.6 is 0 Å². The lowest BCUT2D eigenvalue weighted by molar-refractivity contribution is -0.174. The van der Waals surface area contributed by atoms with E-state index >= 15 is 0 Å². The second-order valence-corrected chi connectivity index (χ2v) is 26.0. The highest BCUT2D eigenvalue weighted by molar-refractivity contribution is 5.77. The number of carbonyl (C=O) groups is 6. The number of esters is 6. The molecule has 9 rings (SSSR count). The van der Waals surface area contributed by atoms with Gasteiger partial charge in [0.2, 0.25) is 0 Å². The average Bonchev–Trinajstić information content (AvgIpc) is 4.46. The minimum absolute atomic E-state index is 0.0521. The molecule has 9 fully saturated rings. The number of ether oxygens (including phenoxy) is 9. The Bertz CT molecular complexity index is 1880. The summed E-state index contributed by atoms with van der Waals surface area (Å²) in [4.78, 5) is 73.7. The van der Waals surface area contributed by atoms with E-state index in [1.807, 2.05) is 62.3 Å². The van der Waals surface area contributed by atoms with Gasteiger partial charge in [0.15, 0.2) is 20.4 Å². The summed E-state index contributed by atoms with van der Waals surface area (Å²) in [5, 5.41) is 0. The molecule has 13 unspecified atom stereocenters. The molecule has 9 aliphatic carbocycles. The van der Waals surface area contributed by atoms with Gasteiger partial charge in [0, 0.05) is 17.8 Å². The fraction of sp³-hybridized carbons (Fsp3) is 0.906. The molecule has 0 spiro atoms. The maximum absolute atomic E-state index is 12.5. The molecule has 452 valence electrons. The van der Waals surface area contributed by atoms with Crippen LogP contribution in [0.25, 0.3) is 0 Å². The van der Waals surface area contributed by atoms with Crippen LogP contribution in [0.5, 0.6) is 0 Å². The molecule has 0 heterocycles. The van der Waals surface area contributed by atoms with Crippen molar-refractivity contribution in [2.45, 2.75) is 254 Å². The van der Waals surface area contributed by atoms with Gasteiger partial charge in [-0.3, -0.25) is 28.8 Å². The summed E-state index contributed by atoms with van der Waals surface area (Å²) in [6.07, 6.45) is 28.1. The third kappa shape index (κ3) is 19.1. The molecule has 15 heteroatoms. The molecule has 0 N–H and O–H groups in total. The minimum atomic E-state index is -0.467. The molecule has 79 heavy (non-hydrogen) atoms. The third-order valence-electron chi connectivity index (χ3n) is 19.7. The SMILES string of the molecule is CC.CC(C)C(=O)OC1CC2CC(C(=O)OCOC3CCCCC3)C1C2.CCC(C)(C)C(=O)OC1CC2CC(C(=O)OCOCC3CCCCC3)C1C2.CCC(C)C(=O)OC1CC2CC(C(=O)OCOCC3CCCCC3)C1C2. The smallest absolute Gasteiger partial charge is 0.311 e. The number of hydrogen-bond donors (Lipinski definition) is 0. The highest BCUT2D eigenvalue weighted by Gasteiger charge is 2.54. The maximum Gasteiger partial charge on any atom is 0.311 e. The fourth-order valence-corrected chi connectivity index (χ4v) is 14.3. The lowest BCUT2D eigenvalue weighted by Crippen LogP contribution is -2.37. The molecule has 9 saturated carbocycles. The first-order valence-electron chi connectivity index (χ1n) is 31.9. The van der Waals surface area contributed by atoms with Crippen LogP contribution in [0, 0.1) is 82.3 Å². The van der Waals surface area contributed by atoms with Crippen LogP contribution in [0.3, 0.4) is 0 Å². The molecule has 0 saturated heterocycles. The standard InChI is InChI=1S/C22H36O5.C21H34O5.C19H30O5.C2H6/c1-4-22(2,3)21(24)27-19-12-16-10-17(19)18(11-16)20(23)26-14-25-13-15-8-6-5-7-9-15;1-3-14(2)20(22)26-19-11-16-9-17(19)18(10-16)21(23)25-13-24-12-15-7-5-4-6-8-15;1-12(2)18(20)24-17-10-13-8-15(17)16(9-13)19(21)23-11-22-14-6-4-3-5-7-14;1-2/h15-19H,4-14H2,1-3H3;14-19H,3-13H2,1-2H3;12-17H,3-11H2,1-2H3;1-2H3. The van der Waals surface area contributed by atoms with Crippen LogP contribution in [0.2, 0.25) is 0 Å². The van der Waals surface area contributed by atoms with Crippen molar-refractivity contribution in [2.24, 2.45) is 82.3 Å². The second-order valence-electron chi connectivity index (χ2n) is 26.0. The lowest BCUT2D eigenvalue weighted by Gasteiger charge is -2.31. The van der Waals surface area contributed by atoms with Crippen molar-refractivity contribution in [3.63, 3.8) is 0 Å². The van der Waals surface area contributed by atoms with Crippen LogP contribution in [0.1, 0.15) is 229 Å². The van der Waals surface area contributed by atoms with Gasteiger partial charge in [-0.25, -0.2) is 0 Å². The molecule has 13 atom stereocenters. The maximum atomic E-state index is 12.5. The number of carbonyl (C=O) groups excluding carboxylic acids is 6. The van der Waals surface area contributed by atoms with Gasteiger partial charge in [-0.1, -0.05) is 106 Å². The summed E-state index contributed by atoms with van der Waals surface area (Å²) in [5.41, 5.74) is -0.467. The summed E-state index contributed by atoms with van der Waals surface area (Å²) in [5.74, 6) is 1.43. The van der Waals surface area contributed by atoms with Crippen molar-refractivity contribution in [2.75, 3.05) is 33.6 Å². The van der Waals surface area contributed by atoms with Crippen molar-refractivity contribution in [1.29, 1.82) is 0 Å². The monoisotopic (exact) mass is 1110 g/mol. The van der Waals surface area contributed by atoms with E-state index in [-0.39, 0.29) is 128 Å². The molecule has 0 aliphatic heterocycles. The van der Waals surface area contributed by atoms with E-state index < -0.39 is 5.41 Å². The van der Waals surface area contributed by atoms with E-state index in [0.29, 0.717) is 42.8 Å². The van der Waals surface area contributed by atoms with Crippen LogP contribution in [0.4, 0.5) is 0 Å². The summed E-state index contributed by atoms with van der Waals surface area (Å²) in [7, 11) is 0. The van der Waals surface area contributed by atoms with Crippen LogP contribution in [-0.2, 0) is 71.4 Å². The number of fused-ring (bicyclic) bond motifs is 6. The van der Waals surface area contributed by atoms with Crippen LogP contribution in [-0.4, -0.2) is 93.8 Å². The molecular weight excluding hydrogens is 1010 g/mol. The van der Waals surface area contributed by atoms with Crippen molar-refractivity contribution in [3.05, 3.63) is 0 Å². The Kier molecular flexibility index (Phi) is 26.7. The highest BCUT2D eigenvalue weighted by Crippen LogP contribution is 2.53. The minimum Gasteiger partial charge on any atom is -0.462 e.